The Morgan fingerprint density at radius 3 is 2.81 bits per heavy atom. The number of fused-ring (bicyclic) bond motifs is 1. The summed E-state index contributed by atoms with van der Waals surface area (Å²) in [5.74, 6) is 1.01. The summed E-state index contributed by atoms with van der Waals surface area (Å²) in [6.07, 6.45) is 1.92. The molecule has 0 aliphatic carbocycles. The highest BCUT2D eigenvalue weighted by molar-refractivity contribution is 9.10. The molecule has 0 fully saturated rings. The van der Waals surface area contributed by atoms with Crippen molar-refractivity contribution < 1.29 is 0 Å². The SMILES string of the molecule is CCCc1nc2cc(N)ccc2n1-c1cc(Cl)ccc1Br. The number of hydrogen-bond donors (Lipinski definition) is 1. The van der Waals surface area contributed by atoms with E-state index in [1.165, 1.54) is 0 Å². The fourth-order valence-corrected chi connectivity index (χ4v) is 3.05. The van der Waals surface area contributed by atoms with Gasteiger partial charge in [-0.2, -0.15) is 0 Å². The van der Waals surface area contributed by atoms with Gasteiger partial charge in [0.15, 0.2) is 0 Å². The third-order valence-electron chi connectivity index (χ3n) is 3.37. The Hall–Kier alpha value is -1.52. The molecule has 3 nitrogen and oxygen atoms in total. The molecule has 21 heavy (non-hydrogen) atoms. The number of aryl methyl sites for hydroxylation is 1. The Bertz CT molecular complexity index is 811. The minimum Gasteiger partial charge on any atom is -0.399 e. The van der Waals surface area contributed by atoms with Gasteiger partial charge in [0, 0.05) is 21.6 Å². The topological polar surface area (TPSA) is 43.8 Å². The van der Waals surface area contributed by atoms with Crippen molar-refractivity contribution in [1.29, 1.82) is 0 Å². The van der Waals surface area contributed by atoms with Crippen LogP contribution in [0.3, 0.4) is 0 Å². The van der Waals surface area contributed by atoms with Crippen molar-refractivity contribution >= 4 is 44.3 Å². The maximum Gasteiger partial charge on any atom is 0.114 e. The van der Waals surface area contributed by atoms with Gasteiger partial charge in [-0.25, -0.2) is 4.98 Å². The lowest BCUT2D eigenvalue weighted by atomic mass is 10.2. The molecular formula is C16H15BrClN3. The van der Waals surface area contributed by atoms with Gasteiger partial charge in [0.2, 0.25) is 0 Å². The van der Waals surface area contributed by atoms with Crippen molar-refractivity contribution in [2.45, 2.75) is 19.8 Å². The average Bonchev–Trinajstić information content (AvgIpc) is 2.79. The van der Waals surface area contributed by atoms with Crippen molar-refractivity contribution in [3.63, 3.8) is 0 Å². The van der Waals surface area contributed by atoms with Crippen LogP contribution in [0.4, 0.5) is 5.69 Å². The molecule has 2 aromatic carbocycles. The van der Waals surface area contributed by atoms with E-state index in [1.807, 2.05) is 36.4 Å². The number of aromatic nitrogens is 2. The first kappa shape index (κ1) is 14.4. The van der Waals surface area contributed by atoms with Gasteiger partial charge < -0.3 is 5.73 Å². The lowest BCUT2D eigenvalue weighted by Crippen LogP contribution is -2.02. The van der Waals surface area contributed by atoms with Gasteiger partial charge in [0.05, 0.1) is 16.7 Å². The largest absolute Gasteiger partial charge is 0.399 e. The average molecular weight is 365 g/mol. The van der Waals surface area contributed by atoms with Gasteiger partial charge in [-0.3, -0.25) is 4.57 Å². The smallest absolute Gasteiger partial charge is 0.114 e. The number of nitrogens with zero attached hydrogens (tertiary/aromatic N) is 2. The summed E-state index contributed by atoms with van der Waals surface area (Å²) in [6, 6.07) is 11.6. The quantitative estimate of drug-likeness (QED) is 0.666. The van der Waals surface area contributed by atoms with Crippen molar-refractivity contribution in [1.82, 2.24) is 9.55 Å². The summed E-state index contributed by atoms with van der Waals surface area (Å²) in [5, 5.41) is 0.702. The molecule has 108 valence electrons. The van der Waals surface area contributed by atoms with Crippen LogP contribution in [0.5, 0.6) is 0 Å². The molecule has 1 heterocycles. The van der Waals surface area contributed by atoms with Crippen LogP contribution in [0, 0.1) is 0 Å². The second kappa shape index (κ2) is 5.70. The summed E-state index contributed by atoms with van der Waals surface area (Å²) in [4.78, 5) is 4.73. The monoisotopic (exact) mass is 363 g/mol. The van der Waals surface area contributed by atoms with Gasteiger partial charge in [-0.15, -0.1) is 0 Å². The van der Waals surface area contributed by atoms with Crippen molar-refractivity contribution in [2.75, 3.05) is 5.73 Å². The molecule has 3 rings (SSSR count). The lowest BCUT2D eigenvalue weighted by Gasteiger charge is -2.11. The van der Waals surface area contributed by atoms with Gasteiger partial charge in [0.1, 0.15) is 5.82 Å². The fraction of sp³-hybridized carbons (Fsp3) is 0.188. The van der Waals surface area contributed by atoms with Gasteiger partial charge in [0.25, 0.3) is 0 Å². The van der Waals surface area contributed by atoms with Crippen LogP contribution in [0.25, 0.3) is 16.7 Å². The van der Waals surface area contributed by atoms with Crippen molar-refractivity contribution in [3.8, 4) is 5.69 Å². The normalized spacial score (nSPS) is 11.2. The summed E-state index contributed by atoms with van der Waals surface area (Å²) in [6.45, 7) is 2.14. The number of benzene rings is 2. The first-order chi connectivity index (χ1) is 10.1. The summed E-state index contributed by atoms with van der Waals surface area (Å²) in [7, 11) is 0. The highest BCUT2D eigenvalue weighted by atomic mass is 79.9. The van der Waals surface area contributed by atoms with Crippen molar-refractivity contribution in [2.24, 2.45) is 0 Å². The lowest BCUT2D eigenvalue weighted by molar-refractivity contribution is 0.817. The van der Waals surface area contributed by atoms with E-state index in [0.29, 0.717) is 5.02 Å². The van der Waals surface area contributed by atoms with Crippen LogP contribution in [-0.4, -0.2) is 9.55 Å². The highest BCUT2D eigenvalue weighted by Gasteiger charge is 2.14. The van der Waals surface area contributed by atoms with E-state index < -0.39 is 0 Å². The molecule has 2 N–H and O–H groups in total. The fourth-order valence-electron chi connectivity index (χ4n) is 2.46. The van der Waals surface area contributed by atoms with E-state index in [0.717, 1.165) is 45.5 Å². The van der Waals surface area contributed by atoms with Gasteiger partial charge in [-0.1, -0.05) is 18.5 Å². The molecule has 1 aromatic heterocycles. The first-order valence-electron chi connectivity index (χ1n) is 6.82. The minimum atomic E-state index is 0.702. The van der Waals surface area contributed by atoms with E-state index in [2.05, 4.69) is 27.4 Å². The van der Waals surface area contributed by atoms with Crippen LogP contribution in [0.2, 0.25) is 5.02 Å². The molecule has 0 unspecified atom stereocenters. The Kier molecular flexibility index (Phi) is 3.91. The number of nitrogens with two attached hydrogens (primary N) is 1. The zero-order valence-electron chi connectivity index (χ0n) is 11.6. The number of halogens is 2. The Labute approximate surface area is 136 Å². The van der Waals surface area contributed by atoms with E-state index >= 15 is 0 Å². The van der Waals surface area contributed by atoms with Crippen molar-refractivity contribution in [3.05, 3.63) is 51.7 Å². The minimum absolute atomic E-state index is 0.702. The van der Waals surface area contributed by atoms with Crippen LogP contribution < -0.4 is 5.73 Å². The predicted molar refractivity (Wildman–Crippen MR) is 92.2 cm³/mol. The third-order valence-corrected chi connectivity index (χ3v) is 4.28. The Morgan fingerprint density at radius 1 is 1.24 bits per heavy atom. The molecule has 0 saturated heterocycles. The van der Waals surface area contributed by atoms with E-state index in [4.69, 9.17) is 22.3 Å². The second-order valence-electron chi connectivity index (χ2n) is 4.96. The van der Waals surface area contributed by atoms with E-state index in [-0.39, 0.29) is 0 Å². The molecule has 0 atom stereocenters. The molecule has 0 bridgehead atoms. The summed E-state index contributed by atoms with van der Waals surface area (Å²) < 4.78 is 3.13. The van der Waals surface area contributed by atoms with Crippen LogP contribution >= 0.6 is 27.5 Å². The zero-order valence-corrected chi connectivity index (χ0v) is 13.9. The molecule has 5 heteroatoms. The molecule has 0 saturated carbocycles. The molecule has 0 aliphatic rings. The number of anilines is 1. The maximum atomic E-state index is 6.16. The summed E-state index contributed by atoms with van der Waals surface area (Å²) in [5.41, 5.74) is 9.54. The highest BCUT2D eigenvalue weighted by Crippen LogP contribution is 2.30. The Morgan fingerprint density at radius 2 is 2.05 bits per heavy atom. The number of nitrogen functional groups attached to an aromatic ring is 1. The van der Waals surface area contributed by atoms with Gasteiger partial charge in [-0.05, 0) is 58.7 Å². The predicted octanol–water partition coefficient (Wildman–Crippen LogP) is 4.98. The van der Waals surface area contributed by atoms with Crippen LogP contribution in [0.15, 0.2) is 40.9 Å². The molecule has 0 amide bonds. The zero-order chi connectivity index (χ0) is 15.0. The summed E-state index contributed by atoms with van der Waals surface area (Å²) >= 11 is 9.77. The standard InChI is InChI=1S/C16H15BrClN3/c1-2-3-16-20-13-9-11(19)5-7-14(13)21(16)15-8-10(18)4-6-12(15)17/h4-9H,2-3,19H2,1H3. The maximum absolute atomic E-state index is 6.16. The second-order valence-corrected chi connectivity index (χ2v) is 6.25. The Balaban J connectivity index is 2.33. The number of hydrogen-bond acceptors (Lipinski definition) is 2. The van der Waals surface area contributed by atoms with E-state index in [1.54, 1.807) is 0 Å². The molecule has 0 spiro atoms. The van der Waals surface area contributed by atoms with E-state index in [9.17, 15) is 0 Å². The molecule has 0 radical (unpaired) electrons. The van der Waals surface area contributed by atoms with Crippen LogP contribution in [0.1, 0.15) is 19.2 Å². The molecule has 0 aliphatic heterocycles. The van der Waals surface area contributed by atoms with Gasteiger partial charge >= 0.3 is 0 Å². The third kappa shape index (κ3) is 2.65. The molecule has 3 aromatic rings. The molecular weight excluding hydrogens is 350 g/mol. The number of imidazole rings is 1. The number of rotatable bonds is 3. The van der Waals surface area contributed by atoms with Crippen LogP contribution in [-0.2, 0) is 6.42 Å². The first-order valence-corrected chi connectivity index (χ1v) is 7.99.